The minimum Gasteiger partial charge on any atom is -0.505 e. The number of rotatable bonds is 9. The first-order chi connectivity index (χ1) is 27.6. The second kappa shape index (κ2) is 15.9. The molecule has 0 fully saturated rings. The summed E-state index contributed by atoms with van der Waals surface area (Å²) >= 11 is 0. The quantitative estimate of drug-likeness (QED) is 0.0365. The normalized spacial score (nSPS) is 12.3. The van der Waals surface area contributed by atoms with Crippen LogP contribution in [0.5, 0.6) is 11.5 Å². The molecule has 20 heteroatoms. The molecule has 0 aliphatic carbocycles. The Morgan fingerprint density at radius 2 is 0.610 bits per heavy atom. The molecule has 0 radical (unpaired) electrons. The summed E-state index contributed by atoms with van der Waals surface area (Å²) in [6, 6.07) is 40.3. The van der Waals surface area contributed by atoms with Crippen molar-refractivity contribution >= 4 is 73.4 Å². The number of fused-ring (bicyclic) bond motifs is 2. The van der Waals surface area contributed by atoms with Gasteiger partial charge >= 0.3 is 20.2 Å². The van der Waals surface area contributed by atoms with Gasteiger partial charge in [0.1, 0.15) is 9.79 Å². The number of hydrogen-bond acceptors (Lipinski definition) is 10. The van der Waals surface area contributed by atoms with Crippen molar-refractivity contribution in [2.24, 2.45) is 0 Å². The first-order valence-electron chi connectivity index (χ1n) is 16.7. The Labute approximate surface area is 337 Å². The summed E-state index contributed by atoms with van der Waals surface area (Å²) in [5.41, 5.74) is 12.8. The molecule has 6 N–H and O–H groups in total. The van der Waals surface area contributed by atoms with E-state index in [0.29, 0.717) is 5.92 Å². The molecule has 0 atom stereocenters. The zero-order valence-corrected chi connectivity index (χ0v) is 33.1. The van der Waals surface area contributed by atoms with Gasteiger partial charge in [-0.3, -0.25) is 18.2 Å². The third kappa shape index (κ3) is 8.42. The summed E-state index contributed by atoms with van der Waals surface area (Å²) in [4.78, 5) is -6.44. The molecule has 0 aliphatic rings. The van der Waals surface area contributed by atoms with E-state index < -0.39 is 109 Å². The molecule has 0 amide bonds. The monoisotopic (exact) mass is 878 g/mol. The molecule has 7 aromatic carbocycles. The predicted octanol–water partition coefficient (Wildman–Crippen LogP) is 7.11. The lowest BCUT2D eigenvalue weighted by Gasteiger charge is -2.19. The lowest BCUT2D eigenvalue weighted by atomic mass is 9.85. The van der Waals surface area contributed by atoms with Crippen LogP contribution in [-0.4, -0.2) is 62.1 Å². The maximum absolute atomic E-state index is 12.4. The van der Waals surface area contributed by atoms with E-state index >= 15 is 0 Å². The second-order valence-corrected chi connectivity index (χ2v) is 18.1. The Balaban J connectivity index is 0.000000255. The van der Waals surface area contributed by atoms with Crippen LogP contribution in [0.15, 0.2) is 159 Å². The molecule has 0 saturated heterocycles. The SMILES string of the molecule is [N-]=[N+](c1c(S(=O)(=O)O)c(O)c(S(=O)(=O)O)c2ccccc12)c1c(S(=O)(=O)O)c(O)c(S(=O)(=O)O)c2ccccc12.c1ccc(C(c2ccccc2)c2ccccc2)cc1. The lowest BCUT2D eigenvalue weighted by Crippen LogP contribution is -2.14. The molecule has 0 bridgehead atoms. The second-order valence-electron chi connectivity index (χ2n) is 12.7. The number of nitrogens with zero attached hydrogens (tertiary/aromatic N) is 2. The summed E-state index contributed by atoms with van der Waals surface area (Å²) in [6.45, 7) is 0. The average Bonchev–Trinajstić information content (AvgIpc) is 3.16. The van der Waals surface area contributed by atoms with Gasteiger partial charge in [-0.1, -0.05) is 127 Å². The number of aromatic hydroxyl groups is 2. The van der Waals surface area contributed by atoms with Gasteiger partial charge in [0.05, 0.1) is 10.8 Å². The van der Waals surface area contributed by atoms with Crippen molar-refractivity contribution in [1.29, 1.82) is 0 Å². The van der Waals surface area contributed by atoms with Gasteiger partial charge in [0.15, 0.2) is 11.5 Å². The fourth-order valence-corrected chi connectivity index (χ4v) is 10.1. The Morgan fingerprint density at radius 3 is 0.864 bits per heavy atom. The van der Waals surface area contributed by atoms with Gasteiger partial charge in [0, 0.05) is 16.7 Å². The zero-order chi connectivity index (χ0) is 43.1. The summed E-state index contributed by atoms with van der Waals surface area (Å²) in [5, 5.41) is 18.6. The van der Waals surface area contributed by atoms with Crippen LogP contribution in [0.2, 0.25) is 0 Å². The molecular weight excluding hydrogens is 849 g/mol. The molecule has 0 heterocycles. The zero-order valence-electron chi connectivity index (χ0n) is 29.8. The Bertz CT molecular complexity index is 2990. The Morgan fingerprint density at radius 1 is 0.373 bits per heavy atom. The van der Waals surface area contributed by atoms with Gasteiger partial charge in [-0.2, -0.15) is 33.7 Å². The molecule has 0 spiro atoms. The highest BCUT2D eigenvalue weighted by molar-refractivity contribution is 7.87. The first-order valence-corrected chi connectivity index (χ1v) is 22.5. The third-order valence-corrected chi connectivity index (χ3v) is 12.7. The van der Waals surface area contributed by atoms with E-state index in [0.717, 1.165) is 48.5 Å². The number of hydrogen-bond donors (Lipinski definition) is 6. The van der Waals surface area contributed by atoms with E-state index in [1.165, 1.54) is 16.7 Å². The molecule has 0 unspecified atom stereocenters. The van der Waals surface area contributed by atoms with Crippen LogP contribution >= 0.6 is 0 Å². The van der Waals surface area contributed by atoms with Crippen LogP contribution in [-0.2, 0) is 40.5 Å². The number of phenols is 2. The maximum Gasteiger partial charge on any atom is 0.304 e. The molecule has 304 valence electrons. The van der Waals surface area contributed by atoms with Gasteiger partial charge in [0.2, 0.25) is 21.2 Å². The maximum atomic E-state index is 12.4. The van der Waals surface area contributed by atoms with Crippen molar-refractivity contribution in [2.45, 2.75) is 25.5 Å². The molecule has 0 saturated carbocycles. The van der Waals surface area contributed by atoms with E-state index in [2.05, 4.69) is 91.0 Å². The summed E-state index contributed by atoms with van der Waals surface area (Å²) in [5.74, 6) is -3.34. The largest absolute Gasteiger partial charge is 0.505 e. The highest BCUT2D eigenvalue weighted by Crippen LogP contribution is 2.50. The standard InChI is InChI=1S/C20H14N2O14S4.C19H16/c21-22(13-9-5-1-3-7-11(9)17(37(25,26)27)15(23)19(13)39(31,32)33)14-10-6-2-4-8-12(10)18(38(28,29)30)16(24)20(14)40(34,35)36;1-4-10-16(11-5-1)19(17-12-6-2-7-13-17)18-14-8-3-9-15-18/h1-8,23-24H,(H,25,26,27)(H,28,29,30)(H,31,32,33)(H,34,35,36);1-15,19H. The lowest BCUT2D eigenvalue weighted by molar-refractivity contribution is 0.423. The van der Waals surface area contributed by atoms with Crippen molar-refractivity contribution in [3.63, 3.8) is 0 Å². The smallest absolute Gasteiger partial charge is 0.304 e. The molecular formula is C39H30N2O14S4. The molecule has 16 nitrogen and oxygen atoms in total. The van der Waals surface area contributed by atoms with Gasteiger partial charge < -0.3 is 15.7 Å². The van der Waals surface area contributed by atoms with E-state index in [1.807, 2.05) is 0 Å². The highest BCUT2D eigenvalue weighted by Gasteiger charge is 2.41. The fraction of sp³-hybridized carbons (Fsp3) is 0.0256. The van der Waals surface area contributed by atoms with E-state index in [9.17, 15) is 67.6 Å². The predicted molar refractivity (Wildman–Crippen MR) is 216 cm³/mol. The topological polar surface area (TPSA) is 283 Å². The van der Waals surface area contributed by atoms with Crippen molar-refractivity contribution in [2.75, 3.05) is 0 Å². The van der Waals surface area contributed by atoms with Crippen LogP contribution in [0.1, 0.15) is 22.6 Å². The minimum absolute atomic E-state index is 0.309. The van der Waals surface area contributed by atoms with E-state index in [1.54, 1.807) is 0 Å². The van der Waals surface area contributed by atoms with Crippen molar-refractivity contribution in [3.8, 4) is 11.5 Å². The van der Waals surface area contributed by atoms with E-state index in [4.69, 9.17) is 0 Å². The van der Waals surface area contributed by atoms with Crippen molar-refractivity contribution < 1.29 is 62.1 Å². The van der Waals surface area contributed by atoms with E-state index in [-0.39, 0.29) is 0 Å². The van der Waals surface area contributed by atoms with Crippen LogP contribution in [0.3, 0.4) is 0 Å². The first kappa shape index (κ1) is 42.5. The average molecular weight is 879 g/mol. The van der Waals surface area contributed by atoms with Gasteiger partial charge in [-0.05, 0) is 28.8 Å². The van der Waals surface area contributed by atoms with Crippen LogP contribution < -0.4 is 4.70 Å². The Kier molecular flexibility index (Phi) is 11.5. The van der Waals surface area contributed by atoms with Crippen molar-refractivity contribution in [1.82, 2.24) is 4.70 Å². The van der Waals surface area contributed by atoms with Gasteiger partial charge in [0.25, 0.3) is 20.2 Å². The summed E-state index contributed by atoms with van der Waals surface area (Å²) in [6.07, 6.45) is 0. The molecule has 7 rings (SSSR count). The van der Waals surface area contributed by atoms with Crippen LogP contribution in [0.25, 0.3) is 27.1 Å². The molecule has 0 aromatic heterocycles. The van der Waals surface area contributed by atoms with Crippen LogP contribution in [0, 0.1) is 0 Å². The van der Waals surface area contributed by atoms with Gasteiger partial charge in [-0.25, -0.2) is 4.70 Å². The summed E-state index contributed by atoms with van der Waals surface area (Å²) < 4.78 is 137. The Hall–Kier alpha value is -6.10. The van der Waals surface area contributed by atoms with Gasteiger partial charge in [-0.15, -0.1) is 0 Å². The minimum atomic E-state index is -5.77. The molecule has 7 aromatic rings. The van der Waals surface area contributed by atoms with Crippen LogP contribution in [0.4, 0.5) is 11.4 Å². The van der Waals surface area contributed by atoms with Crippen molar-refractivity contribution in [3.05, 3.63) is 162 Å². The number of benzene rings is 7. The third-order valence-electron chi connectivity index (χ3n) is 9.00. The molecule has 0 aliphatic heterocycles. The molecule has 59 heavy (non-hydrogen) atoms. The summed E-state index contributed by atoms with van der Waals surface area (Å²) in [7, 11) is -22.4. The fourth-order valence-electron chi connectivity index (χ4n) is 6.76. The number of phenolic OH excluding ortho intramolecular Hbond substituents is 2. The highest BCUT2D eigenvalue weighted by atomic mass is 32.2.